The van der Waals surface area contributed by atoms with Gasteiger partial charge in [-0.3, -0.25) is 4.90 Å². The minimum atomic E-state index is -3.23. The fraction of sp³-hybridized carbons (Fsp3) is 1.00. The average molecular weight is 302 g/mol. The zero-order chi connectivity index (χ0) is 14.2. The van der Waals surface area contributed by atoms with Gasteiger partial charge in [0.2, 0.25) is 0 Å². The molecule has 6 nitrogen and oxygen atoms in total. The standard InChI is InChI=1S/C13H26N4O2S/c1-12-3-2-4-17(11-12)20(18,19)16-7-5-15(6-8-16)13-9-14-10-13/h12-14H,2-11H2,1H3. The summed E-state index contributed by atoms with van der Waals surface area (Å²) in [6.45, 7) is 8.65. The van der Waals surface area contributed by atoms with Gasteiger partial charge in [0.05, 0.1) is 0 Å². The van der Waals surface area contributed by atoms with Crippen LogP contribution in [0.3, 0.4) is 0 Å². The van der Waals surface area contributed by atoms with Crippen LogP contribution < -0.4 is 5.32 Å². The van der Waals surface area contributed by atoms with Crippen LogP contribution in [0.2, 0.25) is 0 Å². The lowest BCUT2D eigenvalue weighted by atomic mass is 10.0. The molecule has 116 valence electrons. The molecule has 3 saturated heterocycles. The van der Waals surface area contributed by atoms with Crippen LogP contribution >= 0.6 is 0 Å². The Morgan fingerprint density at radius 2 is 1.70 bits per heavy atom. The van der Waals surface area contributed by atoms with E-state index in [4.69, 9.17) is 0 Å². The summed E-state index contributed by atoms with van der Waals surface area (Å²) in [7, 11) is -3.23. The largest absolute Gasteiger partial charge is 0.314 e. The second-order valence-corrected chi connectivity index (χ2v) is 8.29. The Hall–Kier alpha value is -0.210. The molecule has 0 bridgehead atoms. The first-order chi connectivity index (χ1) is 9.57. The molecule has 0 radical (unpaired) electrons. The molecule has 1 atom stereocenters. The molecular formula is C13H26N4O2S. The summed E-state index contributed by atoms with van der Waals surface area (Å²) >= 11 is 0. The van der Waals surface area contributed by atoms with Gasteiger partial charge in [0.15, 0.2) is 0 Å². The molecule has 1 N–H and O–H groups in total. The maximum absolute atomic E-state index is 12.7. The highest BCUT2D eigenvalue weighted by atomic mass is 32.2. The SMILES string of the molecule is CC1CCCN(S(=O)(=O)N2CCN(C3CNC3)CC2)C1. The van der Waals surface area contributed by atoms with Gasteiger partial charge in [-0.1, -0.05) is 6.92 Å². The maximum atomic E-state index is 12.7. The number of rotatable bonds is 3. The topological polar surface area (TPSA) is 55.9 Å². The van der Waals surface area contributed by atoms with Gasteiger partial charge in [0.1, 0.15) is 0 Å². The van der Waals surface area contributed by atoms with Crippen LogP contribution in [0, 0.1) is 5.92 Å². The first-order valence-electron chi connectivity index (χ1n) is 7.77. The molecule has 0 spiro atoms. The summed E-state index contributed by atoms with van der Waals surface area (Å²) in [4.78, 5) is 2.42. The van der Waals surface area contributed by atoms with E-state index in [2.05, 4.69) is 17.1 Å². The van der Waals surface area contributed by atoms with E-state index >= 15 is 0 Å². The van der Waals surface area contributed by atoms with Gasteiger partial charge in [-0.05, 0) is 18.8 Å². The van der Waals surface area contributed by atoms with E-state index < -0.39 is 10.2 Å². The van der Waals surface area contributed by atoms with E-state index in [9.17, 15) is 8.42 Å². The van der Waals surface area contributed by atoms with Gasteiger partial charge in [0.25, 0.3) is 10.2 Å². The van der Waals surface area contributed by atoms with E-state index in [-0.39, 0.29) is 0 Å². The van der Waals surface area contributed by atoms with Gasteiger partial charge in [-0.25, -0.2) is 0 Å². The van der Waals surface area contributed by atoms with Gasteiger partial charge in [-0.15, -0.1) is 0 Å². The molecule has 3 aliphatic heterocycles. The smallest absolute Gasteiger partial charge is 0.282 e. The van der Waals surface area contributed by atoms with Crippen molar-refractivity contribution in [3.05, 3.63) is 0 Å². The lowest BCUT2D eigenvalue weighted by Gasteiger charge is -2.44. The summed E-state index contributed by atoms with van der Waals surface area (Å²) in [5, 5.41) is 3.27. The highest BCUT2D eigenvalue weighted by Crippen LogP contribution is 2.22. The normalized spacial score (nSPS) is 32.1. The van der Waals surface area contributed by atoms with Crippen molar-refractivity contribution in [1.29, 1.82) is 0 Å². The van der Waals surface area contributed by atoms with Crippen LogP contribution in [-0.4, -0.2) is 80.3 Å². The fourth-order valence-corrected chi connectivity index (χ4v) is 5.10. The third-order valence-electron chi connectivity index (χ3n) is 4.82. The summed E-state index contributed by atoms with van der Waals surface area (Å²) < 4.78 is 28.7. The average Bonchev–Trinajstić information content (AvgIpc) is 2.37. The third kappa shape index (κ3) is 2.87. The van der Waals surface area contributed by atoms with Crippen molar-refractivity contribution in [2.45, 2.75) is 25.8 Å². The Morgan fingerprint density at radius 3 is 2.25 bits per heavy atom. The van der Waals surface area contributed by atoms with Crippen molar-refractivity contribution in [2.24, 2.45) is 5.92 Å². The molecule has 0 aromatic heterocycles. The van der Waals surface area contributed by atoms with Crippen LogP contribution in [0.5, 0.6) is 0 Å². The third-order valence-corrected chi connectivity index (χ3v) is 6.82. The van der Waals surface area contributed by atoms with Crippen LogP contribution in [0.15, 0.2) is 0 Å². The zero-order valence-electron chi connectivity index (χ0n) is 12.3. The molecule has 3 aliphatic rings. The second-order valence-electron chi connectivity index (χ2n) is 6.36. The zero-order valence-corrected chi connectivity index (χ0v) is 13.1. The molecule has 3 heterocycles. The molecule has 20 heavy (non-hydrogen) atoms. The highest BCUT2D eigenvalue weighted by Gasteiger charge is 2.36. The van der Waals surface area contributed by atoms with Crippen molar-refractivity contribution in [2.75, 3.05) is 52.4 Å². The second kappa shape index (κ2) is 5.88. The molecule has 0 aromatic rings. The van der Waals surface area contributed by atoms with E-state index in [1.165, 1.54) is 0 Å². The lowest BCUT2D eigenvalue weighted by Crippen LogP contribution is -2.63. The van der Waals surface area contributed by atoms with Crippen LogP contribution in [-0.2, 0) is 10.2 Å². The highest BCUT2D eigenvalue weighted by molar-refractivity contribution is 7.86. The summed E-state index contributed by atoms with van der Waals surface area (Å²) in [5.74, 6) is 0.487. The number of hydrogen-bond acceptors (Lipinski definition) is 4. The van der Waals surface area contributed by atoms with E-state index in [0.717, 1.165) is 39.0 Å². The van der Waals surface area contributed by atoms with Crippen molar-refractivity contribution in [3.8, 4) is 0 Å². The van der Waals surface area contributed by atoms with Crippen molar-refractivity contribution < 1.29 is 8.42 Å². The Morgan fingerprint density at radius 1 is 1.00 bits per heavy atom. The molecule has 1 unspecified atom stereocenters. The van der Waals surface area contributed by atoms with Crippen molar-refractivity contribution in [1.82, 2.24) is 18.8 Å². The van der Waals surface area contributed by atoms with Gasteiger partial charge in [0, 0.05) is 58.4 Å². The quantitative estimate of drug-likeness (QED) is 0.767. The summed E-state index contributed by atoms with van der Waals surface area (Å²) in [6, 6.07) is 0.620. The Kier molecular flexibility index (Phi) is 4.33. The first-order valence-corrected chi connectivity index (χ1v) is 9.17. The molecule has 0 saturated carbocycles. The van der Waals surface area contributed by atoms with Crippen LogP contribution in [0.4, 0.5) is 0 Å². The molecular weight excluding hydrogens is 276 g/mol. The first kappa shape index (κ1) is 14.7. The number of piperidine rings is 1. The van der Waals surface area contributed by atoms with E-state index in [1.54, 1.807) is 8.61 Å². The van der Waals surface area contributed by atoms with Crippen LogP contribution in [0.25, 0.3) is 0 Å². The van der Waals surface area contributed by atoms with Gasteiger partial charge in [-0.2, -0.15) is 17.0 Å². The summed E-state index contributed by atoms with van der Waals surface area (Å²) in [6.07, 6.45) is 2.14. The van der Waals surface area contributed by atoms with Crippen molar-refractivity contribution >= 4 is 10.2 Å². The minimum Gasteiger partial charge on any atom is -0.314 e. The van der Waals surface area contributed by atoms with Crippen molar-refractivity contribution in [3.63, 3.8) is 0 Å². The maximum Gasteiger partial charge on any atom is 0.282 e. The molecule has 3 rings (SSSR count). The monoisotopic (exact) mass is 302 g/mol. The van der Waals surface area contributed by atoms with Gasteiger partial charge < -0.3 is 5.32 Å². The molecule has 7 heteroatoms. The molecule has 3 fully saturated rings. The predicted octanol–water partition coefficient (Wildman–Crippen LogP) is -0.447. The summed E-state index contributed by atoms with van der Waals surface area (Å²) in [5.41, 5.74) is 0. The number of nitrogens with one attached hydrogen (secondary N) is 1. The molecule has 0 aliphatic carbocycles. The lowest BCUT2D eigenvalue weighted by molar-refractivity contribution is 0.0995. The Balaban J connectivity index is 1.58. The minimum absolute atomic E-state index is 0.487. The Labute approximate surface area is 122 Å². The number of piperazine rings is 1. The molecule has 0 amide bonds. The van der Waals surface area contributed by atoms with E-state index in [0.29, 0.717) is 38.1 Å². The number of nitrogens with zero attached hydrogens (tertiary/aromatic N) is 3. The fourth-order valence-electron chi connectivity index (χ4n) is 3.35. The van der Waals surface area contributed by atoms with E-state index in [1.807, 2.05) is 0 Å². The number of hydrogen-bond donors (Lipinski definition) is 1. The Bertz CT molecular complexity index is 430. The predicted molar refractivity (Wildman–Crippen MR) is 78.7 cm³/mol. The van der Waals surface area contributed by atoms with Crippen LogP contribution in [0.1, 0.15) is 19.8 Å². The van der Waals surface area contributed by atoms with Gasteiger partial charge >= 0.3 is 0 Å². The molecule has 0 aromatic carbocycles.